The van der Waals surface area contributed by atoms with Crippen LogP contribution in [0.3, 0.4) is 0 Å². The predicted molar refractivity (Wildman–Crippen MR) is 44.9 cm³/mol. The number of oxazole rings is 1. The smallest absolute Gasteiger partial charge is 0.318 e. The normalized spacial score (nSPS) is 12.6. The highest BCUT2D eigenvalue weighted by atomic mass is 16.4. The molecule has 0 spiro atoms. The number of rotatable bonds is 0. The van der Waals surface area contributed by atoms with E-state index in [1.54, 1.807) is 4.57 Å². The van der Waals surface area contributed by atoms with Crippen molar-refractivity contribution in [1.82, 2.24) is 4.57 Å². The molecule has 62 valence electrons. The molecule has 1 heterocycles. The highest BCUT2D eigenvalue weighted by molar-refractivity contribution is 5.72. The van der Waals surface area contributed by atoms with Crippen molar-refractivity contribution < 1.29 is 4.42 Å². The van der Waals surface area contributed by atoms with Gasteiger partial charge in [-0.3, -0.25) is 4.57 Å². The maximum Gasteiger partial charge on any atom is 0.318 e. The summed E-state index contributed by atoms with van der Waals surface area (Å²) in [5, 5.41) is 3.50. The number of fused-ring (bicyclic) bond motifs is 1. The number of para-hydroxylation sites is 2. The minimum atomic E-state index is 0.427. The molecule has 2 N–H and O–H groups in total. The van der Waals surface area contributed by atoms with Crippen LogP contribution in [0, 0.1) is 0 Å². The molecule has 2 aromatic rings. The molecule has 0 aliphatic rings. The lowest BCUT2D eigenvalue weighted by Gasteiger charge is -1.88. The van der Waals surface area contributed by atoms with Crippen LogP contribution in [-0.2, 0) is 7.05 Å². The summed E-state index contributed by atoms with van der Waals surface area (Å²) < 4.78 is 7.12. The number of aryl methyl sites for hydroxylation is 1. The molecule has 2 rings (SSSR count). The lowest BCUT2D eigenvalue weighted by atomic mass is 10.3. The second-order valence-corrected chi connectivity index (χ2v) is 2.54. The molecule has 0 amide bonds. The topological polar surface area (TPSA) is 56.5 Å². The summed E-state index contributed by atoms with van der Waals surface area (Å²) in [5.74, 6) is 5.12. The van der Waals surface area contributed by atoms with Crippen LogP contribution in [0.4, 0.5) is 0 Å². The molecular weight excluding hydrogens is 154 g/mol. The number of aromatic nitrogens is 1. The Morgan fingerprint density at radius 2 is 2.17 bits per heavy atom. The van der Waals surface area contributed by atoms with Gasteiger partial charge in [0.25, 0.3) is 0 Å². The van der Waals surface area contributed by atoms with Gasteiger partial charge in [0.05, 0.1) is 5.52 Å². The van der Waals surface area contributed by atoms with Gasteiger partial charge in [-0.2, -0.15) is 0 Å². The molecule has 0 radical (unpaired) electrons. The molecule has 0 unspecified atom stereocenters. The summed E-state index contributed by atoms with van der Waals surface area (Å²) in [6, 6.07) is 7.68. The monoisotopic (exact) mass is 163 g/mol. The van der Waals surface area contributed by atoms with Crippen LogP contribution in [0.25, 0.3) is 11.1 Å². The Kier molecular flexibility index (Phi) is 1.40. The van der Waals surface area contributed by atoms with Crippen LogP contribution in [0.2, 0.25) is 0 Å². The third-order valence-electron chi connectivity index (χ3n) is 1.83. The van der Waals surface area contributed by atoms with E-state index >= 15 is 0 Å². The standard InChI is InChI=1S/C8H9N3O/c1-11-6-4-2-3-5-7(6)12-8(11)10-9/h2-5H,9H2,1H3. The zero-order valence-electron chi connectivity index (χ0n) is 6.69. The van der Waals surface area contributed by atoms with Gasteiger partial charge in [0.2, 0.25) is 0 Å². The molecule has 0 saturated heterocycles. The van der Waals surface area contributed by atoms with Crippen molar-refractivity contribution in [3.8, 4) is 0 Å². The van der Waals surface area contributed by atoms with E-state index in [0.717, 1.165) is 11.1 Å². The van der Waals surface area contributed by atoms with Crippen molar-refractivity contribution in [2.45, 2.75) is 0 Å². The second-order valence-electron chi connectivity index (χ2n) is 2.54. The molecule has 12 heavy (non-hydrogen) atoms. The van der Waals surface area contributed by atoms with Crippen LogP contribution >= 0.6 is 0 Å². The van der Waals surface area contributed by atoms with Gasteiger partial charge in [0, 0.05) is 7.05 Å². The maximum atomic E-state index is 5.32. The van der Waals surface area contributed by atoms with Gasteiger partial charge in [-0.1, -0.05) is 12.1 Å². The van der Waals surface area contributed by atoms with E-state index in [2.05, 4.69) is 5.10 Å². The van der Waals surface area contributed by atoms with Crippen LogP contribution in [-0.4, -0.2) is 4.57 Å². The number of nitrogens with zero attached hydrogens (tertiary/aromatic N) is 2. The SMILES string of the molecule is Cn1c(=NN)oc2ccccc21. The van der Waals surface area contributed by atoms with Crippen LogP contribution in [0.1, 0.15) is 0 Å². The first-order chi connectivity index (χ1) is 5.83. The molecule has 0 atom stereocenters. The average molecular weight is 163 g/mol. The molecular formula is C8H9N3O. The predicted octanol–water partition coefficient (Wildman–Crippen LogP) is 0.546. The summed E-state index contributed by atoms with van der Waals surface area (Å²) in [6.07, 6.45) is 0. The molecule has 1 aromatic carbocycles. The van der Waals surface area contributed by atoms with Crippen molar-refractivity contribution >= 4 is 11.1 Å². The molecule has 0 fully saturated rings. The summed E-state index contributed by atoms with van der Waals surface area (Å²) in [5.41, 5.74) is 2.21. The zero-order valence-corrected chi connectivity index (χ0v) is 6.69. The number of nitrogens with two attached hydrogens (primary N) is 1. The summed E-state index contributed by atoms with van der Waals surface area (Å²) in [6.45, 7) is 0. The minimum Gasteiger partial charge on any atom is -0.422 e. The van der Waals surface area contributed by atoms with E-state index in [-0.39, 0.29) is 0 Å². The Labute approximate surface area is 68.9 Å². The fourth-order valence-corrected chi connectivity index (χ4v) is 1.20. The van der Waals surface area contributed by atoms with Crippen LogP contribution in [0.15, 0.2) is 33.8 Å². The highest BCUT2D eigenvalue weighted by Crippen LogP contribution is 2.09. The largest absolute Gasteiger partial charge is 0.422 e. The summed E-state index contributed by atoms with van der Waals surface area (Å²) >= 11 is 0. The first-order valence-corrected chi connectivity index (χ1v) is 3.61. The molecule has 4 nitrogen and oxygen atoms in total. The van der Waals surface area contributed by atoms with Gasteiger partial charge < -0.3 is 10.3 Å². The summed E-state index contributed by atoms with van der Waals surface area (Å²) in [4.78, 5) is 0. The van der Waals surface area contributed by atoms with E-state index in [1.165, 1.54) is 0 Å². The fourth-order valence-electron chi connectivity index (χ4n) is 1.20. The second kappa shape index (κ2) is 2.41. The quantitative estimate of drug-likeness (QED) is 0.455. The van der Waals surface area contributed by atoms with Crippen molar-refractivity contribution in [3.05, 3.63) is 29.9 Å². The number of benzene rings is 1. The minimum absolute atomic E-state index is 0.427. The van der Waals surface area contributed by atoms with Crippen LogP contribution < -0.4 is 11.5 Å². The molecule has 0 bridgehead atoms. The third kappa shape index (κ3) is 0.812. The number of hydrogen-bond donors (Lipinski definition) is 1. The van der Waals surface area contributed by atoms with Gasteiger partial charge in [-0.15, -0.1) is 5.10 Å². The Morgan fingerprint density at radius 3 is 2.83 bits per heavy atom. The van der Waals surface area contributed by atoms with E-state index in [4.69, 9.17) is 10.3 Å². The Bertz CT molecular complexity index is 466. The molecule has 0 saturated carbocycles. The van der Waals surface area contributed by atoms with Crippen molar-refractivity contribution in [3.63, 3.8) is 0 Å². The highest BCUT2D eigenvalue weighted by Gasteiger charge is 2.00. The Balaban J connectivity index is 2.98. The Hall–Kier alpha value is -1.71. The number of hydrogen-bond acceptors (Lipinski definition) is 3. The van der Waals surface area contributed by atoms with Crippen molar-refractivity contribution in [2.24, 2.45) is 18.0 Å². The first-order valence-electron chi connectivity index (χ1n) is 3.61. The van der Waals surface area contributed by atoms with E-state index in [9.17, 15) is 0 Å². The summed E-state index contributed by atoms with van der Waals surface area (Å²) in [7, 11) is 1.86. The molecule has 1 aromatic heterocycles. The third-order valence-corrected chi connectivity index (χ3v) is 1.83. The lowest BCUT2D eigenvalue weighted by Crippen LogP contribution is -2.13. The first kappa shape index (κ1) is 6.97. The van der Waals surface area contributed by atoms with Gasteiger partial charge in [-0.05, 0) is 12.1 Å². The molecule has 0 aliphatic heterocycles. The average Bonchev–Trinajstić information content (AvgIpc) is 2.44. The van der Waals surface area contributed by atoms with Gasteiger partial charge in [0.15, 0.2) is 5.58 Å². The van der Waals surface area contributed by atoms with Gasteiger partial charge in [0.1, 0.15) is 0 Å². The van der Waals surface area contributed by atoms with Gasteiger partial charge in [-0.25, -0.2) is 0 Å². The maximum absolute atomic E-state index is 5.32. The van der Waals surface area contributed by atoms with Crippen LogP contribution in [0.5, 0.6) is 0 Å². The lowest BCUT2D eigenvalue weighted by molar-refractivity contribution is 0.501. The van der Waals surface area contributed by atoms with Gasteiger partial charge >= 0.3 is 5.68 Å². The fraction of sp³-hybridized carbons (Fsp3) is 0.125. The van der Waals surface area contributed by atoms with Crippen molar-refractivity contribution in [2.75, 3.05) is 0 Å². The Morgan fingerprint density at radius 1 is 1.42 bits per heavy atom. The van der Waals surface area contributed by atoms with E-state index in [0.29, 0.717) is 5.68 Å². The van der Waals surface area contributed by atoms with E-state index in [1.807, 2.05) is 31.3 Å². The molecule has 0 aliphatic carbocycles. The zero-order chi connectivity index (χ0) is 8.55. The molecule has 4 heteroatoms. The van der Waals surface area contributed by atoms with Crippen molar-refractivity contribution in [1.29, 1.82) is 0 Å². The van der Waals surface area contributed by atoms with E-state index < -0.39 is 0 Å².